The fourth-order valence-electron chi connectivity index (χ4n) is 6.57. The number of alkyl halides is 1. The quantitative estimate of drug-likeness (QED) is 0.218. The molecular weight excluding hydrogens is 586 g/mol. The SMILES string of the molecule is C=CCN(C)C(=O)[C@H]1[C@H]2C(=O)N(CCCCCO)C(C(=O)N(CC=C)c3c(C)cccc3Cl)C23CC(Br)[C@@H]1O3. The second-order valence-corrected chi connectivity index (χ2v) is 12.2. The molecule has 3 fully saturated rings. The maximum Gasteiger partial charge on any atom is 0.253 e. The van der Waals surface area contributed by atoms with E-state index >= 15 is 0 Å². The van der Waals surface area contributed by atoms with Crippen LogP contribution >= 0.6 is 27.5 Å². The Kier molecular flexibility index (Phi) is 9.26. The summed E-state index contributed by atoms with van der Waals surface area (Å²) < 4.78 is 6.62. The van der Waals surface area contributed by atoms with Crippen molar-refractivity contribution in [3.63, 3.8) is 0 Å². The van der Waals surface area contributed by atoms with Crippen molar-refractivity contribution in [2.24, 2.45) is 11.8 Å². The van der Waals surface area contributed by atoms with Gasteiger partial charge < -0.3 is 24.5 Å². The molecule has 3 saturated heterocycles. The number of likely N-dealkylation sites (N-methyl/N-ethyl adjacent to an activating group) is 1. The maximum absolute atomic E-state index is 14.6. The van der Waals surface area contributed by atoms with Crippen LogP contribution in [0.1, 0.15) is 31.2 Å². The number of likely N-dealkylation sites (tertiary alicyclic amines) is 1. The molecule has 3 unspecified atom stereocenters. The Labute approximate surface area is 243 Å². The van der Waals surface area contributed by atoms with E-state index in [9.17, 15) is 19.5 Å². The minimum Gasteiger partial charge on any atom is -0.396 e. The number of nitrogens with zero attached hydrogens (tertiary/aromatic N) is 3. The molecule has 3 amide bonds. The zero-order valence-electron chi connectivity index (χ0n) is 22.5. The second kappa shape index (κ2) is 12.1. The number of hydrogen-bond donors (Lipinski definition) is 1. The predicted octanol–water partition coefficient (Wildman–Crippen LogP) is 3.72. The molecule has 1 N–H and O–H groups in total. The monoisotopic (exact) mass is 621 g/mol. The number of carbonyl (C=O) groups excluding carboxylic acids is 3. The lowest BCUT2D eigenvalue weighted by Gasteiger charge is -2.37. The van der Waals surface area contributed by atoms with Crippen molar-refractivity contribution in [2.45, 2.75) is 55.2 Å². The summed E-state index contributed by atoms with van der Waals surface area (Å²) in [5.41, 5.74) is 0.228. The molecule has 3 heterocycles. The van der Waals surface area contributed by atoms with Crippen LogP contribution in [-0.4, -0.2) is 88.5 Å². The number of aliphatic hydroxyl groups is 1. The number of aryl methyl sites for hydroxylation is 1. The van der Waals surface area contributed by atoms with Crippen molar-refractivity contribution < 1.29 is 24.2 Å². The van der Waals surface area contributed by atoms with Crippen LogP contribution in [0, 0.1) is 18.8 Å². The second-order valence-electron chi connectivity index (χ2n) is 10.6. The number of rotatable bonds is 12. The standard InChI is InChI=1S/C29H37BrClN3O5/c1-5-13-32(4)26(36)21-22-27(37)34(15-8-7-9-16-35)25(29(22)17-19(30)24(21)39-29)28(38)33(14-6-2)23-18(3)11-10-12-20(23)31/h5-6,10-12,19,21-22,24-25,35H,1-2,7-9,13-17H2,3-4H3/t19?,21-,22-,24-,25?,29?/m0/s1. The highest BCUT2D eigenvalue weighted by Gasteiger charge is 2.76. The molecule has 212 valence electrons. The number of carbonyl (C=O) groups is 3. The van der Waals surface area contributed by atoms with E-state index in [1.54, 1.807) is 40.0 Å². The van der Waals surface area contributed by atoms with Crippen molar-refractivity contribution in [1.29, 1.82) is 0 Å². The summed E-state index contributed by atoms with van der Waals surface area (Å²) in [5, 5.41) is 9.68. The first-order valence-corrected chi connectivity index (χ1v) is 14.7. The summed E-state index contributed by atoms with van der Waals surface area (Å²) in [6, 6.07) is 4.50. The van der Waals surface area contributed by atoms with Crippen LogP contribution in [0.5, 0.6) is 0 Å². The normalized spacial score (nSPS) is 28.9. The van der Waals surface area contributed by atoms with Crippen molar-refractivity contribution in [1.82, 2.24) is 9.80 Å². The molecule has 0 radical (unpaired) electrons. The van der Waals surface area contributed by atoms with Crippen LogP contribution in [0.25, 0.3) is 0 Å². The Balaban J connectivity index is 1.80. The number of ether oxygens (including phenoxy) is 1. The van der Waals surface area contributed by atoms with Crippen molar-refractivity contribution in [3.8, 4) is 0 Å². The first-order chi connectivity index (χ1) is 18.6. The number of hydrogen-bond acceptors (Lipinski definition) is 5. The lowest BCUT2D eigenvalue weighted by molar-refractivity contribution is -0.144. The fraction of sp³-hybridized carbons (Fsp3) is 0.552. The smallest absolute Gasteiger partial charge is 0.253 e. The molecule has 4 rings (SSSR count). The molecule has 10 heteroatoms. The maximum atomic E-state index is 14.6. The first-order valence-electron chi connectivity index (χ1n) is 13.4. The van der Waals surface area contributed by atoms with Gasteiger partial charge in [-0.3, -0.25) is 14.4 Å². The van der Waals surface area contributed by atoms with Gasteiger partial charge >= 0.3 is 0 Å². The summed E-state index contributed by atoms with van der Waals surface area (Å²) in [6.07, 6.45) is 5.09. The molecule has 2 bridgehead atoms. The van der Waals surface area contributed by atoms with E-state index < -0.39 is 29.6 Å². The van der Waals surface area contributed by atoms with E-state index in [-0.39, 0.29) is 35.7 Å². The molecule has 0 saturated carbocycles. The summed E-state index contributed by atoms with van der Waals surface area (Å²) in [5.74, 6) is -2.23. The minimum atomic E-state index is -1.16. The van der Waals surface area contributed by atoms with E-state index in [0.717, 1.165) is 5.56 Å². The summed E-state index contributed by atoms with van der Waals surface area (Å²) in [4.78, 5) is 47.0. The third kappa shape index (κ3) is 5.07. The summed E-state index contributed by atoms with van der Waals surface area (Å²) >= 11 is 10.3. The van der Waals surface area contributed by atoms with Crippen LogP contribution in [0.15, 0.2) is 43.5 Å². The predicted molar refractivity (Wildman–Crippen MR) is 155 cm³/mol. The van der Waals surface area contributed by atoms with Crippen LogP contribution < -0.4 is 4.90 Å². The number of fused-ring (bicyclic) bond motifs is 1. The lowest BCUT2D eigenvalue weighted by atomic mass is 9.70. The van der Waals surface area contributed by atoms with Crippen molar-refractivity contribution in [3.05, 3.63) is 54.1 Å². The first kappa shape index (κ1) is 29.8. The van der Waals surface area contributed by atoms with Gasteiger partial charge in [0.15, 0.2) is 0 Å². The third-order valence-electron chi connectivity index (χ3n) is 8.18. The van der Waals surface area contributed by atoms with Crippen LogP contribution in [0.3, 0.4) is 0 Å². The molecule has 3 aliphatic heterocycles. The lowest BCUT2D eigenvalue weighted by Crippen LogP contribution is -2.57. The average molecular weight is 623 g/mol. The summed E-state index contributed by atoms with van der Waals surface area (Å²) in [6.45, 7) is 10.4. The van der Waals surface area contributed by atoms with E-state index in [2.05, 4.69) is 29.1 Å². The largest absolute Gasteiger partial charge is 0.396 e. The highest BCUT2D eigenvalue weighted by molar-refractivity contribution is 9.09. The number of amides is 3. The fourth-order valence-corrected chi connectivity index (χ4v) is 7.84. The van der Waals surface area contributed by atoms with Crippen LogP contribution in [-0.2, 0) is 19.1 Å². The topological polar surface area (TPSA) is 90.4 Å². The van der Waals surface area contributed by atoms with Crippen molar-refractivity contribution in [2.75, 3.05) is 38.2 Å². The number of anilines is 1. The summed E-state index contributed by atoms with van der Waals surface area (Å²) in [7, 11) is 1.69. The van der Waals surface area contributed by atoms with Gasteiger partial charge in [0.2, 0.25) is 11.8 Å². The van der Waals surface area contributed by atoms with Gasteiger partial charge in [-0.05, 0) is 44.2 Å². The van der Waals surface area contributed by atoms with Gasteiger partial charge in [0, 0.05) is 38.1 Å². The molecule has 0 aliphatic carbocycles. The Morgan fingerprint density at radius 2 is 1.95 bits per heavy atom. The van der Waals surface area contributed by atoms with E-state index in [0.29, 0.717) is 49.5 Å². The molecular formula is C29H37BrClN3O5. The van der Waals surface area contributed by atoms with E-state index in [1.807, 2.05) is 19.1 Å². The Morgan fingerprint density at radius 3 is 2.59 bits per heavy atom. The number of para-hydroxylation sites is 1. The Bertz CT molecular complexity index is 1130. The van der Waals surface area contributed by atoms with Crippen molar-refractivity contribution >= 4 is 50.9 Å². The number of aliphatic hydroxyl groups excluding tert-OH is 1. The van der Waals surface area contributed by atoms with Gasteiger partial charge in [-0.25, -0.2) is 0 Å². The Morgan fingerprint density at radius 1 is 1.23 bits per heavy atom. The third-order valence-corrected chi connectivity index (χ3v) is 9.33. The molecule has 8 nitrogen and oxygen atoms in total. The highest BCUT2D eigenvalue weighted by Crippen LogP contribution is 2.60. The minimum absolute atomic E-state index is 0.0596. The van der Waals surface area contributed by atoms with Gasteiger partial charge in [-0.2, -0.15) is 0 Å². The number of benzene rings is 1. The van der Waals surface area contributed by atoms with Gasteiger partial charge in [-0.15, -0.1) is 13.2 Å². The van der Waals surface area contributed by atoms with E-state index in [1.165, 1.54) is 0 Å². The van der Waals surface area contributed by atoms with Gasteiger partial charge in [0.1, 0.15) is 11.6 Å². The molecule has 39 heavy (non-hydrogen) atoms. The Hall–Kier alpha value is -2.20. The molecule has 1 spiro atoms. The van der Waals surface area contributed by atoms with Gasteiger partial charge in [0.05, 0.1) is 28.6 Å². The zero-order chi connectivity index (χ0) is 28.5. The van der Waals surface area contributed by atoms with Gasteiger partial charge in [0.25, 0.3) is 5.91 Å². The number of halogens is 2. The highest BCUT2D eigenvalue weighted by atomic mass is 79.9. The van der Waals surface area contributed by atoms with Gasteiger partial charge in [-0.1, -0.05) is 51.8 Å². The number of unbranched alkanes of at least 4 members (excludes halogenated alkanes) is 2. The van der Waals surface area contributed by atoms with Crippen LogP contribution in [0.2, 0.25) is 5.02 Å². The molecule has 1 aromatic carbocycles. The van der Waals surface area contributed by atoms with E-state index in [4.69, 9.17) is 16.3 Å². The zero-order valence-corrected chi connectivity index (χ0v) is 24.9. The average Bonchev–Trinajstić information content (AvgIpc) is 3.48. The van der Waals surface area contributed by atoms with Crippen LogP contribution in [0.4, 0.5) is 5.69 Å². The molecule has 0 aromatic heterocycles. The molecule has 3 aliphatic rings. The molecule has 1 aromatic rings. The molecule has 6 atom stereocenters.